The van der Waals surface area contributed by atoms with Crippen LogP contribution in [0.3, 0.4) is 0 Å². The molecule has 0 aliphatic rings. The van der Waals surface area contributed by atoms with Gasteiger partial charge in [0.1, 0.15) is 5.78 Å². The van der Waals surface area contributed by atoms with Gasteiger partial charge in [0.2, 0.25) is 0 Å². The summed E-state index contributed by atoms with van der Waals surface area (Å²) in [4.78, 5) is 11.2. The van der Waals surface area contributed by atoms with E-state index in [4.69, 9.17) is 16.9 Å². The van der Waals surface area contributed by atoms with Crippen molar-refractivity contribution in [2.24, 2.45) is 5.92 Å². The van der Waals surface area contributed by atoms with E-state index in [1.807, 2.05) is 68.6 Å². The van der Waals surface area contributed by atoms with E-state index in [0.717, 1.165) is 18.4 Å². The SMILES string of the molecule is CC=N.CCc1ccc([NH-])cc1.CNC(C)(CC(C)C)C(C)=O.[NH-]Cc1ccccc1.[W+2]. The zero-order valence-electron chi connectivity index (χ0n) is 20.8. The Balaban J connectivity index is -0.000000368. The Kier molecular flexibility index (Phi) is 22.9. The maximum absolute atomic E-state index is 11.2. The van der Waals surface area contributed by atoms with E-state index in [1.165, 1.54) is 11.8 Å². The van der Waals surface area contributed by atoms with Gasteiger partial charge in [0.25, 0.3) is 0 Å². The second-order valence-electron chi connectivity index (χ2n) is 7.74. The molecule has 178 valence electrons. The topological polar surface area (TPSA) is 101 Å². The van der Waals surface area contributed by atoms with Crippen molar-refractivity contribution < 1.29 is 25.9 Å². The predicted molar refractivity (Wildman–Crippen MR) is 136 cm³/mol. The van der Waals surface area contributed by atoms with Crippen LogP contribution in [0.1, 0.15) is 59.1 Å². The molecule has 0 amide bonds. The molecular weight excluding hydrogens is 568 g/mol. The van der Waals surface area contributed by atoms with Crippen molar-refractivity contribution in [1.82, 2.24) is 5.32 Å². The maximum atomic E-state index is 11.2. The molecule has 2 aromatic carbocycles. The van der Waals surface area contributed by atoms with Crippen LogP contribution < -0.4 is 5.32 Å². The zero-order valence-corrected chi connectivity index (χ0v) is 23.7. The first-order valence-electron chi connectivity index (χ1n) is 10.7. The summed E-state index contributed by atoms with van der Waals surface area (Å²) in [7, 11) is 1.84. The van der Waals surface area contributed by atoms with Crippen LogP contribution in [0.2, 0.25) is 0 Å². The smallest absolute Gasteiger partial charge is 0.699 e. The number of carbonyl (C=O) groups is 1. The number of ketones is 1. The average molecular weight is 610 g/mol. The Morgan fingerprint density at radius 2 is 1.56 bits per heavy atom. The fraction of sp³-hybridized carbons (Fsp3) is 0.462. The van der Waals surface area contributed by atoms with E-state index in [-0.39, 0.29) is 32.4 Å². The zero-order chi connectivity index (χ0) is 24.3. The Bertz CT molecular complexity index is 706. The first-order chi connectivity index (χ1) is 14.6. The molecule has 0 heterocycles. The quantitative estimate of drug-likeness (QED) is 0.333. The maximum Gasteiger partial charge on any atom is 2.00 e. The largest absolute Gasteiger partial charge is 2.00 e. The Hall–Kier alpha value is -1.81. The summed E-state index contributed by atoms with van der Waals surface area (Å²) >= 11 is 0. The number of Topliss-reactive ketones (excluding diaryl/α,β-unsaturated/α-hetero) is 1. The van der Waals surface area contributed by atoms with E-state index in [0.29, 0.717) is 18.2 Å². The number of hydrogen-bond acceptors (Lipinski definition) is 3. The second kappa shape index (κ2) is 21.1. The number of nitrogens with one attached hydrogen (secondary N) is 4. The Morgan fingerprint density at radius 1 is 1.09 bits per heavy atom. The molecule has 1 atom stereocenters. The van der Waals surface area contributed by atoms with Gasteiger partial charge in [0.05, 0.1) is 5.54 Å². The number of carbonyl (C=O) groups excluding carboxylic acids is 1. The third-order valence-electron chi connectivity index (χ3n) is 4.55. The van der Waals surface area contributed by atoms with E-state index in [2.05, 4.69) is 26.1 Å². The summed E-state index contributed by atoms with van der Waals surface area (Å²) in [5.41, 5.74) is 16.7. The summed E-state index contributed by atoms with van der Waals surface area (Å²) in [5, 5.41) is 9.14. The van der Waals surface area contributed by atoms with Crippen molar-refractivity contribution in [3.05, 3.63) is 77.2 Å². The molecule has 4 N–H and O–H groups in total. The average Bonchev–Trinajstić information content (AvgIpc) is 2.75. The molecule has 5 nitrogen and oxygen atoms in total. The molecule has 1 unspecified atom stereocenters. The molecule has 2 rings (SSSR count). The predicted octanol–water partition coefficient (Wildman–Crippen LogP) is 7.42. The molecule has 0 aliphatic carbocycles. The van der Waals surface area contributed by atoms with Gasteiger partial charge in [-0.05, 0) is 58.4 Å². The fourth-order valence-electron chi connectivity index (χ4n) is 2.57. The van der Waals surface area contributed by atoms with Gasteiger partial charge in [-0.15, -0.1) is 12.2 Å². The van der Waals surface area contributed by atoms with Gasteiger partial charge in [-0.2, -0.15) is 0 Å². The molecule has 6 heteroatoms. The van der Waals surface area contributed by atoms with Crippen LogP contribution in [-0.4, -0.2) is 24.6 Å². The number of likely N-dealkylation sites (N-methyl/N-ethyl adjacent to an activating group) is 1. The molecule has 32 heavy (non-hydrogen) atoms. The number of hydrogen-bond donors (Lipinski definition) is 2. The fourth-order valence-corrected chi connectivity index (χ4v) is 2.57. The summed E-state index contributed by atoms with van der Waals surface area (Å²) in [6.45, 7) is 12.0. The van der Waals surface area contributed by atoms with Crippen molar-refractivity contribution in [3.63, 3.8) is 0 Å². The van der Waals surface area contributed by atoms with Crippen molar-refractivity contribution in [2.45, 2.75) is 66.5 Å². The van der Waals surface area contributed by atoms with Crippen LogP contribution in [-0.2, 0) is 38.8 Å². The summed E-state index contributed by atoms with van der Waals surface area (Å²) in [5.74, 6) is 0.769. The van der Waals surface area contributed by atoms with Gasteiger partial charge in [-0.1, -0.05) is 80.9 Å². The number of benzene rings is 2. The number of aryl methyl sites for hydroxylation is 1. The van der Waals surface area contributed by atoms with Crippen LogP contribution in [0.15, 0.2) is 54.6 Å². The van der Waals surface area contributed by atoms with Crippen molar-refractivity contribution in [2.75, 3.05) is 7.05 Å². The first-order valence-corrected chi connectivity index (χ1v) is 10.7. The minimum absolute atomic E-state index is 0. The molecule has 0 radical (unpaired) electrons. The van der Waals surface area contributed by atoms with E-state index < -0.39 is 0 Å². The normalized spacial score (nSPS) is 11.0. The van der Waals surface area contributed by atoms with Gasteiger partial charge < -0.3 is 22.2 Å². The molecule has 0 saturated heterocycles. The van der Waals surface area contributed by atoms with Crippen LogP contribution >= 0.6 is 0 Å². The molecule has 0 spiro atoms. The number of rotatable bonds is 6. The molecule has 0 aliphatic heterocycles. The minimum Gasteiger partial charge on any atom is -0.699 e. The van der Waals surface area contributed by atoms with Crippen LogP contribution in [0, 0.1) is 11.3 Å². The van der Waals surface area contributed by atoms with Crippen molar-refractivity contribution >= 4 is 17.7 Å². The van der Waals surface area contributed by atoms with Crippen LogP contribution in [0.25, 0.3) is 11.5 Å². The first kappa shape index (κ1) is 34.8. The molecule has 0 aromatic heterocycles. The molecular formula is C26H42N4OW. The van der Waals surface area contributed by atoms with Crippen LogP contribution in [0.5, 0.6) is 0 Å². The molecule has 0 saturated carbocycles. The third kappa shape index (κ3) is 17.8. The Labute approximate surface area is 210 Å². The summed E-state index contributed by atoms with van der Waals surface area (Å²) < 4.78 is 0. The summed E-state index contributed by atoms with van der Waals surface area (Å²) in [6, 6.07) is 17.4. The Morgan fingerprint density at radius 3 is 1.81 bits per heavy atom. The minimum atomic E-state index is -0.325. The van der Waals surface area contributed by atoms with Gasteiger partial charge in [0.15, 0.2) is 0 Å². The summed E-state index contributed by atoms with van der Waals surface area (Å²) in [6.07, 6.45) is 3.21. The molecule has 2 aromatic rings. The van der Waals surface area contributed by atoms with E-state index in [9.17, 15) is 4.79 Å². The van der Waals surface area contributed by atoms with Gasteiger partial charge in [-0.25, -0.2) is 0 Å². The van der Waals surface area contributed by atoms with Gasteiger partial charge in [-0.3, -0.25) is 4.79 Å². The van der Waals surface area contributed by atoms with Crippen molar-refractivity contribution in [3.8, 4) is 0 Å². The standard InChI is InChI=1S/C9H19NO.C8H10N.C7H8N.C2H5N.W/c1-7(2)6-9(4,10-5)8(3)11;1-2-7-3-5-8(9)6-4-7;8-6-7-4-2-1-3-5-7;1-2-3;/h7,10H,6H2,1-5H3;3-6,9H,2H2,1H3;1-5,8H,6H2;2-3H,1H3;/q;2*-1;;+2. The van der Waals surface area contributed by atoms with Crippen molar-refractivity contribution in [1.29, 1.82) is 5.41 Å². The molecule has 0 bridgehead atoms. The van der Waals surface area contributed by atoms with E-state index in [1.54, 1.807) is 13.8 Å². The second-order valence-corrected chi connectivity index (χ2v) is 7.74. The van der Waals surface area contributed by atoms with E-state index >= 15 is 0 Å². The monoisotopic (exact) mass is 610 g/mol. The van der Waals surface area contributed by atoms with Gasteiger partial charge in [0, 0.05) is 0 Å². The van der Waals surface area contributed by atoms with Gasteiger partial charge >= 0.3 is 21.1 Å². The third-order valence-corrected chi connectivity index (χ3v) is 4.55. The molecule has 0 fully saturated rings. The van der Waals surface area contributed by atoms with Crippen LogP contribution in [0.4, 0.5) is 5.69 Å².